The minimum atomic E-state index is -4.19. The van der Waals surface area contributed by atoms with Crippen LogP contribution in [0.4, 0.5) is 5.69 Å². The lowest BCUT2D eigenvalue weighted by atomic mass is 10.3. The van der Waals surface area contributed by atoms with Crippen LogP contribution in [0.1, 0.15) is 0 Å². The highest BCUT2D eigenvalue weighted by atomic mass is 35.7. The Kier molecular flexibility index (Phi) is 4.65. The van der Waals surface area contributed by atoms with Crippen LogP contribution < -0.4 is 5.73 Å². The molecule has 0 aliphatic rings. The zero-order valence-corrected chi connectivity index (χ0v) is 7.59. The van der Waals surface area contributed by atoms with Crippen molar-refractivity contribution < 1.29 is 13.0 Å². The van der Waals surface area contributed by atoms with Crippen molar-refractivity contribution in [2.45, 2.75) is 0 Å². The summed E-state index contributed by atoms with van der Waals surface area (Å²) < 4.78 is 25.2. The van der Waals surface area contributed by atoms with E-state index in [0.29, 0.717) is 0 Å². The monoisotopic (exact) mass is 209 g/mol. The third-order valence-corrected chi connectivity index (χ3v) is 0.800. The van der Waals surface area contributed by atoms with Crippen LogP contribution in [0.2, 0.25) is 0 Å². The highest BCUT2D eigenvalue weighted by Crippen LogP contribution is 1.95. The average molecular weight is 210 g/mol. The first-order valence-electron chi connectivity index (χ1n) is 2.87. The molecule has 0 radical (unpaired) electrons. The van der Waals surface area contributed by atoms with Gasteiger partial charge in [-0.25, -0.2) is 0 Å². The molecule has 1 aromatic rings. The molecule has 4 nitrogen and oxygen atoms in total. The number of halogens is 1. The van der Waals surface area contributed by atoms with E-state index in [2.05, 4.69) is 10.7 Å². The molecule has 0 bridgehead atoms. The molecular formula is C6H8ClNO3S. The lowest BCUT2D eigenvalue weighted by Gasteiger charge is -1.83. The summed E-state index contributed by atoms with van der Waals surface area (Å²) in [5.74, 6) is 0. The maximum Gasteiger partial charge on any atom is 0.353 e. The molecule has 0 aliphatic carbocycles. The molecule has 12 heavy (non-hydrogen) atoms. The minimum absolute atomic E-state index is 0.822. The number of rotatable bonds is 0. The second-order valence-corrected chi connectivity index (χ2v) is 3.82. The number of anilines is 1. The lowest BCUT2D eigenvalue weighted by molar-refractivity contribution is 0.501. The predicted octanol–water partition coefficient (Wildman–Crippen LogP) is 1.30. The van der Waals surface area contributed by atoms with Crippen molar-refractivity contribution in [2.24, 2.45) is 0 Å². The van der Waals surface area contributed by atoms with Gasteiger partial charge < -0.3 is 5.73 Å². The normalized spacial score (nSPS) is 9.83. The summed E-state index contributed by atoms with van der Waals surface area (Å²) in [6.07, 6.45) is 0. The van der Waals surface area contributed by atoms with Gasteiger partial charge in [0.2, 0.25) is 0 Å². The number of nitrogens with two attached hydrogens (primary N) is 1. The van der Waals surface area contributed by atoms with Crippen molar-refractivity contribution in [3.8, 4) is 0 Å². The number of hydrogen-bond donors (Lipinski definition) is 2. The molecule has 0 atom stereocenters. The molecular weight excluding hydrogens is 202 g/mol. The molecule has 1 rings (SSSR count). The maximum absolute atomic E-state index is 8.95. The molecule has 68 valence electrons. The topological polar surface area (TPSA) is 80.4 Å². The van der Waals surface area contributed by atoms with Crippen molar-refractivity contribution in [3.05, 3.63) is 30.3 Å². The average Bonchev–Trinajstić information content (AvgIpc) is 1.85. The van der Waals surface area contributed by atoms with Gasteiger partial charge in [0.15, 0.2) is 0 Å². The summed E-state index contributed by atoms with van der Waals surface area (Å²) in [5.41, 5.74) is 6.18. The first-order chi connectivity index (χ1) is 5.39. The quantitative estimate of drug-likeness (QED) is 0.383. The van der Waals surface area contributed by atoms with Crippen LogP contribution in [-0.2, 0) is 9.33 Å². The summed E-state index contributed by atoms with van der Waals surface area (Å²) in [5, 5.41) is 0. The van der Waals surface area contributed by atoms with Crippen LogP contribution in [0.25, 0.3) is 0 Å². The van der Waals surface area contributed by atoms with Crippen molar-refractivity contribution in [1.29, 1.82) is 0 Å². The first-order valence-corrected chi connectivity index (χ1v) is 5.14. The summed E-state index contributed by atoms with van der Waals surface area (Å²) in [4.78, 5) is 0. The zero-order valence-electron chi connectivity index (χ0n) is 6.01. The van der Waals surface area contributed by atoms with Gasteiger partial charge in [0.1, 0.15) is 0 Å². The fourth-order valence-electron chi connectivity index (χ4n) is 0.453. The number of para-hydroxylation sites is 1. The minimum Gasteiger partial charge on any atom is -0.399 e. The highest BCUT2D eigenvalue weighted by Gasteiger charge is 1.86. The molecule has 0 amide bonds. The van der Waals surface area contributed by atoms with E-state index >= 15 is 0 Å². The van der Waals surface area contributed by atoms with Crippen LogP contribution in [0, 0.1) is 0 Å². The third kappa shape index (κ3) is 12.0. The summed E-state index contributed by atoms with van der Waals surface area (Å²) in [6, 6.07) is 9.49. The molecule has 6 heteroatoms. The molecule has 0 spiro atoms. The van der Waals surface area contributed by atoms with Crippen LogP contribution in [0.5, 0.6) is 0 Å². The zero-order chi connectivity index (χ0) is 9.61. The van der Waals surface area contributed by atoms with Crippen molar-refractivity contribution in [1.82, 2.24) is 0 Å². The Morgan fingerprint density at radius 3 is 1.75 bits per heavy atom. The molecule has 1 aromatic carbocycles. The second kappa shape index (κ2) is 4.97. The van der Waals surface area contributed by atoms with Gasteiger partial charge in [-0.2, -0.15) is 8.42 Å². The van der Waals surface area contributed by atoms with Gasteiger partial charge in [0, 0.05) is 16.4 Å². The SMILES string of the molecule is Nc1ccccc1.O=S(=O)(O)Cl. The van der Waals surface area contributed by atoms with Crippen molar-refractivity contribution in [2.75, 3.05) is 5.73 Å². The third-order valence-electron chi connectivity index (χ3n) is 0.800. The second-order valence-electron chi connectivity index (χ2n) is 1.82. The van der Waals surface area contributed by atoms with Crippen LogP contribution >= 0.6 is 10.7 Å². The Morgan fingerprint density at radius 2 is 1.58 bits per heavy atom. The molecule has 0 saturated heterocycles. The van der Waals surface area contributed by atoms with Crippen molar-refractivity contribution in [3.63, 3.8) is 0 Å². The number of nitrogen functional groups attached to an aromatic ring is 1. The molecule has 0 fully saturated rings. The van der Waals surface area contributed by atoms with Gasteiger partial charge in [0.05, 0.1) is 0 Å². The highest BCUT2D eigenvalue weighted by molar-refractivity contribution is 8.09. The van der Waals surface area contributed by atoms with Crippen LogP contribution in [0.3, 0.4) is 0 Å². The fourth-order valence-corrected chi connectivity index (χ4v) is 0.453. The molecule has 0 saturated carbocycles. The van der Waals surface area contributed by atoms with Gasteiger partial charge in [-0.05, 0) is 12.1 Å². The van der Waals surface area contributed by atoms with E-state index in [1.807, 2.05) is 30.3 Å². The largest absolute Gasteiger partial charge is 0.399 e. The Bertz CT molecular complexity index is 303. The van der Waals surface area contributed by atoms with Gasteiger partial charge in [0.25, 0.3) is 0 Å². The van der Waals surface area contributed by atoms with E-state index < -0.39 is 9.33 Å². The van der Waals surface area contributed by atoms with Crippen molar-refractivity contribution >= 4 is 25.7 Å². The molecule has 0 aromatic heterocycles. The Morgan fingerprint density at radius 1 is 1.25 bits per heavy atom. The van der Waals surface area contributed by atoms with E-state index in [9.17, 15) is 0 Å². The van der Waals surface area contributed by atoms with Crippen LogP contribution in [0.15, 0.2) is 30.3 Å². The number of benzene rings is 1. The van der Waals surface area contributed by atoms with E-state index in [0.717, 1.165) is 5.69 Å². The lowest BCUT2D eigenvalue weighted by Crippen LogP contribution is -1.79. The van der Waals surface area contributed by atoms with Crippen LogP contribution in [-0.4, -0.2) is 13.0 Å². The standard InChI is InChI=1S/C6H7N.ClHO3S/c7-6-4-2-1-3-5-6;1-5(2,3)4/h1-5H,7H2;(H,2,3,4). The smallest absolute Gasteiger partial charge is 0.353 e. The van der Waals surface area contributed by atoms with Gasteiger partial charge in [-0.15, -0.1) is 0 Å². The first kappa shape index (κ1) is 11.2. The Hall–Kier alpha value is -0.780. The van der Waals surface area contributed by atoms with E-state index in [1.54, 1.807) is 0 Å². The molecule has 3 N–H and O–H groups in total. The van der Waals surface area contributed by atoms with E-state index in [1.165, 1.54) is 0 Å². The van der Waals surface area contributed by atoms with Gasteiger partial charge in [-0.1, -0.05) is 18.2 Å². The molecule has 0 heterocycles. The number of hydrogen-bond acceptors (Lipinski definition) is 3. The summed E-state index contributed by atoms with van der Waals surface area (Å²) in [7, 11) is -0.137. The molecule has 0 unspecified atom stereocenters. The van der Waals surface area contributed by atoms with E-state index in [-0.39, 0.29) is 0 Å². The van der Waals surface area contributed by atoms with Gasteiger partial charge >= 0.3 is 9.33 Å². The van der Waals surface area contributed by atoms with Gasteiger partial charge in [-0.3, -0.25) is 4.55 Å². The summed E-state index contributed by atoms with van der Waals surface area (Å²) >= 11 is 0. The Labute approximate surface area is 75.2 Å². The van der Waals surface area contributed by atoms with E-state index in [4.69, 9.17) is 18.7 Å². The Balaban J connectivity index is 0.000000217. The predicted molar refractivity (Wildman–Crippen MR) is 48.3 cm³/mol. The summed E-state index contributed by atoms with van der Waals surface area (Å²) in [6.45, 7) is 0. The fraction of sp³-hybridized carbons (Fsp3) is 0. The molecule has 0 aliphatic heterocycles. The maximum atomic E-state index is 8.95.